The van der Waals surface area contributed by atoms with E-state index in [9.17, 15) is 19.7 Å². The lowest BCUT2D eigenvalue weighted by Crippen LogP contribution is -3.15. The minimum atomic E-state index is -0.486. The molecule has 1 aromatic rings. The highest BCUT2D eigenvalue weighted by atomic mass is 16.6. The van der Waals surface area contributed by atoms with Crippen LogP contribution >= 0.6 is 0 Å². The van der Waals surface area contributed by atoms with Crippen LogP contribution < -0.4 is 10.2 Å². The number of benzene rings is 1. The Bertz CT molecular complexity index is 666. The van der Waals surface area contributed by atoms with Gasteiger partial charge in [0.25, 0.3) is 11.6 Å². The van der Waals surface area contributed by atoms with Gasteiger partial charge < -0.3 is 15.1 Å². The average Bonchev–Trinajstić information content (AvgIpc) is 2.50. The fraction of sp³-hybridized carbons (Fsp3) is 0.500. The topological polar surface area (TPSA) is 97.0 Å². The molecule has 0 spiro atoms. The third-order valence-electron chi connectivity index (χ3n) is 4.41. The summed E-state index contributed by atoms with van der Waals surface area (Å²) in [5, 5.41) is 13.8. The van der Waals surface area contributed by atoms with Gasteiger partial charge in [-0.25, -0.2) is 0 Å². The van der Waals surface area contributed by atoms with E-state index in [4.69, 9.17) is 0 Å². The van der Waals surface area contributed by atoms with E-state index in [1.165, 1.54) is 13.0 Å². The van der Waals surface area contributed by atoms with Crippen molar-refractivity contribution in [3.8, 4) is 0 Å². The van der Waals surface area contributed by atoms with Gasteiger partial charge in [0, 0.05) is 13.0 Å². The summed E-state index contributed by atoms with van der Waals surface area (Å²) in [7, 11) is 0. The zero-order valence-corrected chi connectivity index (χ0v) is 14.2. The van der Waals surface area contributed by atoms with Crippen LogP contribution in [0.5, 0.6) is 0 Å². The molecule has 1 fully saturated rings. The van der Waals surface area contributed by atoms with Crippen LogP contribution in [-0.2, 0) is 9.59 Å². The number of anilines is 1. The third-order valence-corrected chi connectivity index (χ3v) is 4.41. The number of aryl methyl sites for hydroxylation is 2. The van der Waals surface area contributed by atoms with E-state index in [-0.39, 0.29) is 29.7 Å². The standard InChI is InChI=1S/C16H22N4O4/c1-11-8-14(15(20(23)24)9-12(11)2)17-16(22)10-18-4-6-19(7-5-18)13(3)21/h8-9H,4-7,10H2,1-3H3,(H,17,22)/p+1. The number of nitrogens with one attached hydrogen (secondary N) is 2. The van der Waals surface area contributed by atoms with E-state index in [0.29, 0.717) is 26.2 Å². The quantitative estimate of drug-likeness (QED) is 0.593. The lowest BCUT2D eigenvalue weighted by molar-refractivity contribution is -0.895. The zero-order valence-electron chi connectivity index (χ0n) is 14.2. The van der Waals surface area contributed by atoms with Gasteiger partial charge in [0.05, 0.1) is 31.1 Å². The van der Waals surface area contributed by atoms with Crippen LogP contribution in [0.1, 0.15) is 18.1 Å². The first-order valence-electron chi connectivity index (χ1n) is 7.92. The summed E-state index contributed by atoms with van der Waals surface area (Å²) in [6.07, 6.45) is 0. The van der Waals surface area contributed by atoms with Gasteiger partial charge in [0.1, 0.15) is 5.69 Å². The minimum Gasteiger partial charge on any atom is -0.332 e. The largest absolute Gasteiger partial charge is 0.332 e. The fourth-order valence-corrected chi connectivity index (χ4v) is 2.79. The highest BCUT2D eigenvalue weighted by Crippen LogP contribution is 2.27. The van der Waals surface area contributed by atoms with Gasteiger partial charge in [0.15, 0.2) is 6.54 Å². The highest BCUT2D eigenvalue weighted by molar-refractivity contribution is 5.94. The molecule has 0 atom stereocenters. The zero-order chi connectivity index (χ0) is 17.9. The molecule has 0 aliphatic carbocycles. The molecule has 1 aliphatic heterocycles. The van der Waals surface area contributed by atoms with Gasteiger partial charge >= 0.3 is 0 Å². The summed E-state index contributed by atoms with van der Waals surface area (Å²) < 4.78 is 0. The molecule has 1 aromatic carbocycles. The third kappa shape index (κ3) is 4.29. The number of hydrogen-bond acceptors (Lipinski definition) is 4. The van der Waals surface area contributed by atoms with Crippen LogP contribution in [0.4, 0.5) is 11.4 Å². The van der Waals surface area contributed by atoms with Crippen LogP contribution in [0.25, 0.3) is 0 Å². The molecule has 2 amide bonds. The number of rotatable bonds is 4. The van der Waals surface area contributed by atoms with Crippen LogP contribution in [0, 0.1) is 24.0 Å². The maximum Gasteiger partial charge on any atom is 0.293 e. The SMILES string of the molecule is CC(=O)N1CC[NH+](CC(=O)Nc2cc(C)c(C)cc2[N+](=O)[O-])CC1. The van der Waals surface area contributed by atoms with Gasteiger partial charge in [-0.2, -0.15) is 0 Å². The summed E-state index contributed by atoms with van der Waals surface area (Å²) in [6, 6.07) is 3.11. The summed E-state index contributed by atoms with van der Waals surface area (Å²) in [5.41, 5.74) is 1.83. The molecule has 1 heterocycles. The highest BCUT2D eigenvalue weighted by Gasteiger charge is 2.24. The van der Waals surface area contributed by atoms with Crippen LogP contribution in [0.2, 0.25) is 0 Å². The van der Waals surface area contributed by atoms with Crippen molar-refractivity contribution >= 4 is 23.2 Å². The van der Waals surface area contributed by atoms with E-state index < -0.39 is 4.92 Å². The number of carbonyl (C=O) groups is 2. The second-order valence-corrected chi connectivity index (χ2v) is 6.19. The minimum absolute atomic E-state index is 0.0456. The number of nitro benzene ring substituents is 1. The average molecular weight is 335 g/mol. The Kier molecular flexibility index (Phi) is 5.50. The summed E-state index contributed by atoms with van der Waals surface area (Å²) >= 11 is 0. The number of amides is 2. The van der Waals surface area contributed by atoms with Gasteiger partial charge in [-0.1, -0.05) is 0 Å². The molecular weight excluding hydrogens is 312 g/mol. The molecule has 0 bridgehead atoms. The van der Waals surface area contributed by atoms with E-state index >= 15 is 0 Å². The summed E-state index contributed by atoms with van der Waals surface area (Å²) in [5.74, 6) is -0.211. The van der Waals surface area contributed by atoms with Gasteiger partial charge in [-0.05, 0) is 31.0 Å². The van der Waals surface area contributed by atoms with Crippen molar-refractivity contribution in [2.24, 2.45) is 0 Å². The monoisotopic (exact) mass is 335 g/mol. The molecule has 8 heteroatoms. The number of hydrogen-bond donors (Lipinski definition) is 2. The maximum absolute atomic E-state index is 12.2. The molecule has 8 nitrogen and oxygen atoms in total. The number of carbonyl (C=O) groups excluding carboxylic acids is 2. The Hall–Kier alpha value is -2.48. The second-order valence-electron chi connectivity index (χ2n) is 6.19. The molecule has 0 aromatic heterocycles. The lowest BCUT2D eigenvalue weighted by atomic mass is 10.1. The molecule has 1 saturated heterocycles. The van der Waals surface area contributed by atoms with E-state index in [2.05, 4.69) is 5.32 Å². The second kappa shape index (κ2) is 7.39. The predicted molar refractivity (Wildman–Crippen MR) is 89.0 cm³/mol. The first-order valence-corrected chi connectivity index (χ1v) is 7.92. The Morgan fingerprint density at radius 3 is 2.38 bits per heavy atom. The summed E-state index contributed by atoms with van der Waals surface area (Å²) in [6.45, 7) is 8.06. The van der Waals surface area contributed by atoms with Crippen LogP contribution in [0.15, 0.2) is 12.1 Å². The molecule has 24 heavy (non-hydrogen) atoms. The number of quaternary nitrogens is 1. The molecule has 0 radical (unpaired) electrons. The Morgan fingerprint density at radius 1 is 1.25 bits per heavy atom. The molecule has 0 unspecified atom stereocenters. The number of piperazine rings is 1. The fourth-order valence-electron chi connectivity index (χ4n) is 2.79. The van der Waals surface area contributed by atoms with Crippen molar-refractivity contribution in [3.63, 3.8) is 0 Å². The van der Waals surface area contributed by atoms with Crippen molar-refractivity contribution in [2.75, 3.05) is 38.0 Å². The molecular formula is C16H23N4O4+. The summed E-state index contributed by atoms with van der Waals surface area (Å²) in [4.78, 5) is 37.0. The Labute approximate surface area is 140 Å². The normalized spacial score (nSPS) is 15.2. The molecule has 130 valence electrons. The van der Waals surface area contributed by atoms with Crippen LogP contribution in [0.3, 0.4) is 0 Å². The molecule has 2 N–H and O–H groups in total. The van der Waals surface area contributed by atoms with Crippen molar-refractivity contribution in [3.05, 3.63) is 33.4 Å². The lowest BCUT2D eigenvalue weighted by Gasteiger charge is -2.31. The van der Waals surface area contributed by atoms with Gasteiger partial charge in [-0.15, -0.1) is 0 Å². The Balaban J connectivity index is 1.99. The Morgan fingerprint density at radius 2 is 1.83 bits per heavy atom. The van der Waals surface area contributed by atoms with E-state index in [0.717, 1.165) is 16.0 Å². The van der Waals surface area contributed by atoms with Gasteiger partial charge in [-0.3, -0.25) is 19.7 Å². The van der Waals surface area contributed by atoms with Gasteiger partial charge in [0.2, 0.25) is 5.91 Å². The van der Waals surface area contributed by atoms with Crippen molar-refractivity contribution in [2.45, 2.75) is 20.8 Å². The molecule has 2 rings (SSSR count). The van der Waals surface area contributed by atoms with E-state index in [1.807, 2.05) is 6.92 Å². The van der Waals surface area contributed by atoms with Crippen molar-refractivity contribution < 1.29 is 19.4 Å². The number of nitrogens with zero attached hydrogens (tertiary/aromatic N) is 2. The first kappa shape index (κ1) is 17.9. The van der Waals surface area contributed by atoms with Crippen molar-refractivity contribution in [1.82, 2.24) is 4.90 Å². The maximum atomic E-state index is 12.2. The van der Waals surface area contributed by atoms with Crippen molar-refractivity contribution in [1.29, 1.82) is 0 Å². The first-order chi connectivity index (χ1) is 11.3. The molecule has 1 aliphatic rings. The molecule has 0 saturated carbocycles. The smallest absolute Gasteiger partial charge is 0.293 e. The van der Waals surface area contributed by atoms with Crippen LogP contribution in [-0.4, -0.2) is 54.4 Å². The van der Waals surface area contributed by atoms with E-state index in [1.54, 1.807) is 17.9 Å². The number of nitro groups is 1. The predicted octanol–water partition coefficient (Wildman–Crippen LogP) is -0.103.